The summed E-state index contributed by atoms with van der Waals surface area (Å²) in [6.07, 6.45) is 1.89. The van der Waals surface area contributed by atoms with E-state index >= 15 is 0 Å². The van der Waals surface area contributed by atoms with Crippen molar-refractivity contribution in [2.24, 2.45) is 0 Å². The lowest BCUT2D eigenvalue weighted by Crippen LogP contribution is -2.01. The molecule has 0 saturated heterocycles. The molecule has 0 atom stereocenters. The van der Waals surface area contributed by atoms with Gasteiger partial charge in [0, 0.05) is 0 Å². The quantitative estimate of drug-likeness (QED) is 0.545. The van der Waals surface area contributed by atoms with Gasteiger partial charge in [-0.1, -0.05) is 12.2 Å². The maximum Gasteiger partial charge on any atom is 0.236 e. The molecule has 0 bridgehead atoms. The Balaban J connectivity index is 4.38. The lowest BCUT2D eigenvalue weighted by Gasteiger charge is -2.20. The molecule has 12 heavy (non-hydrogen) atoms. The van der Waals surface area contributed by atoms with Crippen molar-refractivity contribution in [2.75, 3.05) is 19.5 Å². The second-order valence-electron chi connectivity index (χ2n) is 1.80. The van der Waals surface area contributed by atoms with Crippen molar-refractivity contribution in [3.05, 3.63) is 0 Å². The van der Waals surface area contributed by atoms with Crippen molar-refractivity contribution in [1.29, 1.82) is 0 Å². The Bertz CT molecular complexity index is 185. The second-order valence-corrected chi connectivity index (χ2v) is 7.29. The molecule has 0 aliphatic carbocycles. The Kier molecular flexibility index (Phi) is 7.01. The first-order chi connectivity index (χ1) is 5.60. The van der Waals surface area contributed by atoms with E-state index in [2.05, 4.69) is 0 Å². The number of rotatable bonds is 5. The van der Waals surface area contributed by atoms with Crippen LogP contribution in [0.5, 0.6) is 0 Å². The predicted molar refractivity (Wildman–Crippen MR) is 63.7 cm³/mol. The summed E-state index contributed by atoms with van der Waals surface area (Å²) in [6.45, 7) is 2.61. The molecule has 0 heterocycles. The summed E-state index contributed by atoms with van der Waals surface area (Å²) in [7, 11) is 0. The summed E-state index contributed by atoms with van der Waals surface area (Å²) < 4.78 is 11.4. The summed E-state index contributed by atoms with van der Waals surface area (Å²) in [5, 5.41) is 0. The Hall–Kier alpha value is 1.01. The van der Waals surface area contributed by atoms with Gasteiger partial charge in [0.1, 0.15) is 3.94 Å². The molecule has 6 heteroatoms. The van der Waals surface area contributed by atoms with Crippen molar-refractivity contribution < 1.29 is 9.05 Å². The molecule has 0 aliphatic heterocycles. The number of hydrogen-bond donors (Lipinski definition) is 0. The van der Waals surface area contributed by atoms with Crippen LogP contribution < -0.4 is 0 Å². The summed E-state index contributed by atoms with van der Waals surface area (Å²) in [6, 6.07) is 0. The van der Waals surface area contributed by atoms with Crippen molar-refractivity contribution >= 4 is 46.2 Å². The smallest absolute Gasteiger partial charge is 0.236 e. The van der Waals surface area contributed by atoms with Gasteiger partial charge in [0.15, 0.2) is 0 Å². The van der Waals surface area contributed by atoms with Crippen LogP contribution in [0.25, 0.3) is 0 Å². The maximum atomic E-state index is 5.36. The first kappa shape index (κ1) is 13.0. The Morgan fingerprint density at radius 1 is 1.33 bits per heavy atom. The largest absolute Gasteiger partial charge is 0.325 e. The van der Waals surface area contributed by atoms with Crippen LogP contribution in [0.3, 0.4) is 0 Å². The first-order valence-corrected chi connectivity index (χ1v) is 7.85. The van der Waals surface area contributed by atoms with Gasteiger partial charge in [0.2, 0.25) is 6.49 Å². The fourth-order valence-corrected chi connectivity index (χ4v) is 4.39. The maximum absolute atomic E-state index is 5.36. The van der Waals surface area contributed by atoms with Crippen LogP contribution in [0.2, 0.25) is 0 Å². The molecule has 0 aromatic carbocycles. The van der Waals surface area contributed by atoms with Crippen LogP contribution in [0.1, 0.15) is 13.8 Å². The highest BCUT2D eigenvalue weighted by atomic mass is 32.5. The Morgan fingerprint density at radius 2 is 1.75 bits per heavy atom. The molecule has 0 aromatic rings. The van der Waals surface area contributed by atoms with E-state index < -0.39 is 6.49 Å². The highest BCUT2D eigenvalue weighted by molar-refractivity contribution is 8.43. The molecule has 0 N–H and O–H groups in total. The van der Waals surface area contributed by atoms with Gasteiger partial charge in [0.25, 0.3) is 0 Å². The zero-order valence-electron chi connectivity index (χ0n) is 7.40. The first-order valence-electron chi connectivity index (χ1n) is 3.58. The van der Waals surface area contributed by atoms with E-state index in [4.69, 9.17) is 33.1 Å². The van der Waals surface area contributed by atoms with E-state index in [9.17, 15) is 0 Å². The molecule has 0 rings (SSSR count). The minimum Gasteiger partial charge on any atom is -0.325 e. The molecular formula is C6H13O2PS3. The minimum absolute atomic E-state index is 0.554. The zero-order valence-corrected chi connectivity index (χ0v) is 10.7. The van der Waals surface area contributed by atoms with Gasteiger partial charge in [-0.05, 0) is 31.9 Å². The van der Waals surface area contributed by atoms with Crippen molar-refractivity contribution in [2.45, 2.75) is 13.8 Å². The Morgan fingerprint density at radius 3 is 2.00 bits per heavy atom. The van der Waals surface area contributed by atoms with Gasteiger partial charge in [-0.3, -0.25) is 0 Å². The summed E-state index contributed by atoms with van der Waals surface area (Å²) in [5.74, 6) is 0. The molecule has 0 radical (unpaired) electrons. The SMILES string of the molecule is CCOP(=S)(OCC)C(=S)SC. The van der Waals surface area contributed by atoms with E-state index in [0.717, 1.165) is 0 Å². The third kappa shape index (κ3) is 3.81. The van der Waals surface area contributed by atoms with Gasteiger partial charge in [0.05, 0.1) is 13.2 Å². The molecule has 72 valence electrons. The van der Waals surface area contributed by atoms with Gasteiger partial charge in [-0.25, -0.2) is 0 Å². The number of thioether (sulfide) groups is 1. The van der Waals surface area contributed by atoms with Crippen molar-refractivity contribution in [3.8, 4) is 0 Å². The van der Waals surface area contributed by atoms with Crippen LogP contribution in [-0.4, -0.2) is 23.4 Å². The standard InChI is InChI=1S/C6H13O2PS3/c1-4-7-9(11,8-5-2)6(10)12-3/h4-5H2,1-3H3. The van der Waals surface area contributed by atoms with Gasteiger partial charge < -0.3 is 9.05 Å². The predicted octanol–water partition coefficient (Wildman–Crippen LogP) is 3.02. The van der Waals surface area contributed by atoms with Crippen LogP contribution in [0, 0.1) is 0 Å². The molecule has 0 fully saturated rings. The lowest BCUT2D eigenvalue weighted by molar-refractivity contribution is 0.278. The fraction of sp³-hybridized carbons (Fsp3) is 0.833. The number of thiocarbonyl (C=S) groups is 1. The number of hydrogen-bond acceptors (Lipinski definition) is 5. The fourth-order valence-electron chi connectivity index (χ4n) is 0.594. The second kappa shape index (κ2) is 6.46. The molecule has 0 aromatic heterocycles. The molecular weight excluding hydrogens is 231 g/mol. The van der Waals surface area contributed by atoms with Gasteiger partial charge in [-0.2, -0.15) is 0 Å². The molecule has 0 amide bonds. The van der Waals surface area contributed by atoms with Gasteiger partial charge >= 0.3 is 0 Å². The van der Waals surface area contributed by atoms with E-state index in [-0.39, 0.29) is 0 Å². The third-order valence-electron chi connectivity index (χ3n) is 0.996. The Labute approximate surface area is 88.6 Å². The van der Waals surface area contributed by atoms with Crippen LogP contribution in [0.15, 0.2) is 0 Å². The molecule has 2 nitrogen and oxygen atoms in total. The highest BCUT2D eigenvalue weighted by Gasteiger charge is 2.23. The average Bonchev–Trinajstić information content (AvgIpc) is 2.04. The van der Waals surface area contributed by atoms with E-state index in [1.54, 1.807) is 0 Å². The summed E-state index contributed by atoms with van der Waals surface area (Å²) >= 11 is 11.7. The van der Waals surface area contributed by atoms with E-state index in [0.29, 0.717) is 17.2 Å². The van der Waals surface area contributed by atoms with Crippen LogP contribution in [-0.2, 0) is 20.9 Å². The minimum atomic E-state index is -2.28. The van der Waals surface area contributed by atoms with E-state index in [1.807, 2.05) is 20.1 Å². The summed E-state index contributed by atoms with van der Waals surface area (Å²) in [4.78, 5) is 0. The van der Waals surface area contributed by atoms with Crippen LogP contribution >= 0.6 is 30.5 Å². The molecule has 0 spiro atoms. The zero-order chi connectivity index (χ0) is 9.61. The monoisotopic (exact) mass is 244 g/mol. The van der Waals surface area contributed by atoms with Gasteiger partial charge in [-0.15, -0.1) is 11.8 Å². The van der Waals surface area contributed by atoms with Crippen LogP contribution in [0.4, 0.5) is 0 Å². The third-order valence-corrected chi connectivity index (χ3v) is 7.35. The molecule has 0 saturated carbocycles. The molecule has 0 unspecified atom stereocenters. The molecule has 0 aliphatic rings. The van der Waals surface area contributed by atoms with Crippen molar-refractivity contribution in [1.82, 2.24) is 0 Å². The normalized spacial score (nSPS) is 11.6. The summed E-state index contributed by atoms with van der Waals surface area (Å²) in [5.41, 5.74) is 0. The highest BCUT2D eigenvalue weighted by Crippen LogP contribution is 2.53. The average molecular weight is 244 g/mol. The van der Waals surface area contributed by atoms with E-state index in [1.165, 1.54) is 11.8 Å². The van der Waals surface area contributed by atoms with Crippen molar-refractivity contribution in [3.63, 3.8) is 0 Å². The topological polar surface area (TPSA) is 18.5 Å². The lowest BCUT2D eigenvalue weighted by atomic mass is 10.9.